The lowest BCUT2D eigenvalue weighted by Crippen LogP contribution is -2.33. The molecule has 1 aliphatic heterocycles. The van der Waals surface area contributed by atoms with E-state index >= 15 is 0 Å². The molecule has 2 aromatic rings. The summed E-state index contributed by atoms with van der Waals surface area (Å²) in [7, 11) is 0. The van der Waals surface area contributed by atoms with E-state index in [0.29, 0.717) is 18.4 Å². The van der Waals surface area contributed by atoms with Gasteiger partial charge in [0, 0.05) is 25.1 Å². The minimum Gasteiger partial charge on any atom is -0.478 e. The molecule has 3 rings (SSSR count). The number of nitrogens with zero attached hydrogens (tertiary/aromatic N) is 4. The molecular weight excluding hydrogens is 268 g/mol. The highest BCUT2D eigenvalue weighted by Gasteiger charge is 2.24. The van der Waals surface area contributed by atoms with Crippen LogP contribution in [-0.4, -0.2) is 34.6 Å². The summed E-state index contributed by atoms with van der Waals surface area (Å²) in [5, 5.41) is 0. The van der Waals surface area contributed by atoms with Gasteiger partial charge in [-0.1, -0.05) is 0 Å². The highest BCUT2D eigenvalue weighted by atomic mass is 16.5. The lowest BCUT2D eigenvalue weighted by molar-refractivity contribution is 0.325. The molecule has 0 saturated carbocycles. The normalized spacial score (nSPS) is 16.2. The first-order chi connectivity index (χ1) is 10.3. The molecule has 0 aromatic carbocycles. The second-order valence-electron chi connectivity index (χ2n) is 5.21. The molecule has 0 atom stereocenters. The van der Waals surface area contributed by atoms with E-state index in [4.69, 9.17) is 9.15 Å². The van der Waals surface area contributed by atoms with Gasteiger partial charge >= 0.3 is 0 Å². The van der Waals surface area contributed by atoms with Crippen molar-refractivity contribution in [1.82, 2.24) is 15.0 Å². The van der Waals surface area contributed by atoms with Crippen LogP contribution in [0.3, 0.4) is 0 Å². The van der Waals surface area contributed by atoms with Crippen molar-refractivity contribution in [3.8, 4) is 5.88 Å². The van der Waals surface area contributed by atoms with Gasteiger partial charge in [-0.2, -0.15) is 4.98 Å². The second kappa shape index (κ2) is 6.11. The van der Waals surface area contributed by atoms with Crippen molar-refractivity contribution >= 4 is 5.82 Å². The molecule has 0 amide bonds. The first-order valence-electron chi connectivity index (χ1n) is 7.38. The van der Waals surface area contributed by atoms with Gasteiger partial charge in [0.2, 0.25) is 5.88 Å². The highest BCUT2D eigenvalue weighted by molar-refractivity contribution is 5.42. The molecule has 112 valence electrons. The SMILES string of the molecule is CCOc1cc(N2CCC(c3cnco3)CC2)nc(C)n1. The van der Waals surface area contributed by atoms with E-state index in [-0.39, 0.29) is 0 Å². The number of piperidine rings is 1. The third-order valence-electron chi connectivity index (χ3n) is 3.77. The predicted molar refractivity (Wildman–Crippen MR) is 78.6 cm³/mol. The van der Waals surface area contributed by atoms with Crippen LogP contribution in [0.5, 0.6) is 5.88 Å². The van der Waals surface area contributed by atoms with Crippen LogP contribution in [0, 0.1) is 6.92 Å². The fourth-order valence-electron chi connectivity index (χ4n) is 2.73. The van der Waals surface area contributed by atoms with Crippen molar-refractivity contribution < 1.29 is 9.15 Å². The van der Waals surface area contributed by atoms with Gasteiger partial charge in [0.05, 0.1) is 12.8 Å². The Labute approximate surface area is 124 Å². The summed E-state index contributed by atoms with van der Waals surface area (Å²) < 4.78 is 10.9. The van der Waals surface area contributed by atoms with Crippen LogP contribution in [-0.2, 0) is 0 Å². The standard InChI is InChI=1S/C15H20N4O2/c1-3-20-15-8-14(17-11(2)18-15)19-6-4-12(5-7-19)13-9-16-10-21-13/h8-10,12H,3-7H2,1-2H3. The fraction of sp³-hybridized carbons (Fsp3) is 0.533. The van der Waals surface area contributed by atoms with Crippen LogP contribution in [0.2, 0.25) is 0 Å². The molecule has 1 saturated heterocycles. The van der Waals surface area contributed by atoms with E-state index in [2.05, 4.69) is 19.9 Å². The summed E-state index contributed by atoms with van der Waals surface area (Å²) in [6.07, 6.45) is 5.41. The lowest BCUT2D eigenvalue weighted by Gasteiger charge is -2.32. The number of oxazole rings is 1. The Kier molecular flexibility index (Phi) is 4.03. The Hall–Kier alpha value is -2.11. The van der Waals surface area contributed by atoms with E-state index in [1.807, 2.05) is 26.1 Å². The average molecular weight is 288 g/mol. The van der Waals surface area contributed by atoms with Crippen LogP contribution in [0.4, 0.5) is 5.82 Å². The molecule has 0 bridgehead atoms. The van der Waals surface area contributed by atoms with Crippen molar-refractivity contribution in [3.63, 3.8) is 0 Å². The van der Waals surface area contributed by atoms with Crippen LogP contribution in [0.15, 0.2) is 23.1 Å². The summed E-state index contributed by atoms with van der Waals surface area (Å²) in [6.45, 7) is 6.37. The van der Waals surface area contributed by atoms with Crippen LogP contribution >= 0.6 is 0 Å². The van der Waals surface area contributed by atoms with E-state index in [1.54, 1.807) is 0 Å². The monoisotopic (exact) mass is 288 g/mol. The summed E-state index contributed by atoms with van der Waals surface area (Å²) in [5.74, 6) is 3.79. The van der Waals surface area contributed by atoms with Gasteiger partial charge in [0.1, 0.15) is 17.4 Å². The molecule has 0 unspecified atom stereocenters. The lowest BCUT2D eigenvalue weighted by atomic mass is 9.95. The Morgan fingerprint density at radius 3 is 2.81 bits per heavy atom. The molecule has 1 fully saturated rings. The molecular formula is C15H20N4O2. The van der Waals surface area contributed by atoms with E-state index in [1.165, 1.54) is 6.39 Å². The van der Waals surface area contributed by atoms with Crippen molar-refractivity contribution in [3.05, 3.63) is 30.2 Å². The summed E-state index contributed by atoms with van der Waals surface area (Å²) in [6, 6.07) is 1.92. The topological polar surface area (TPSA) is 64.3 Å². The molecule has 6 nitrogen and oxygen atoms in total. The van der Waals surface area contributed by atoms with Gasteiger partial charge in [-0.3, -0.25) is 0 Å². The van der Waals surface area contributed by atoms with Gasteiger partial charge in [-0.05, 0) is 26.7 Å². The number of aromatic nitrogens is 3. The number of rotatable bonds is 4. The number of ether oxygens (including phenoxy) is 1. The minimum absolute atomic E-state index is 0.457. The van der Waals surface area contributed by atoms with Gasteiger partial charge < -0.3 is 14.1 Å². The van der Waals surface area contributed by atoms with Gasteiger partial charge in [0.25, 0.3) is 0 Å². The molecule has 6 heteroatoms. The zero-order chi connectivity index (χ0) is 14.7. The maximum Gasteiger partial charge on any atom is 0.218 e. The Morgan fingerprint density at radius 1 is 1.33 bits per heavy atom. The summed E-state index contributed by atoms with van der Waals surface area (Å²) >= 11 is 0. The molecule has 0 radical (unpaired) electrons. The second-order valence-corrected chi connectivity index (χ2v) is 5.21. The smallest absolute Gasteiger partial charge is 0.218 e. The van der Waals surface area contributed by atoms with Gasteiger partial charge in [-0.15, -0.1) is 0 Å². The molecule has 3 heterocycles. The van der Waals surface area contributed by atoms with Gasteiger partial charge in [-0.25, -0.2) is 9.97 Å². The number of hydrogen-bond acceptors (Lipinski definition) is 6. The number of hydrogen-bond donors (Lipinski definition) is 0. The Morgan fingerprint density at radius 2 is 2.14 bits per heavy atom. The summed E-state index contributed by atoms with van der Waals surface area (Å²) in [5.41, 5.74) is 0. The Balaban J connectivity index is 1.69. The third kappa shape index (κ3) is 3.15. The summed E-state index contributed by atoms with van der Waals surface area (Å²) in [4.78, 5) is 15.1. The molecule has 2 aromatic heterocycles. The maximum atomic E-state index is 5.50. The molecule has 0 aliphatic carbocycles. The Bertz CT molecular complexity index is 577. The van der Waals surface area contributed by atoms with Gasteiger partial charge in [0.15, 0.2) is 6.39 Å². The van der Waals surface area contributed by atoms with Crippen molar-refractivity contribution in [2.45, 2.75) is 32.6 Å². The van der Waals surface area contributed by atoms with Crippen LogP contribution < -0.4 is 9.64 Å². The van der Waals surface area contributed by atoms with E-state index in [0.717, 1.165) is 43.3 Å². The predicted octanol–water partition coefficient (Wildman–Crippen LogP) is 2.56. The first-order valence-corrected chi connectivity index (χ1v) is 7.38. The molecule has 1 aliphatic rings. The minimum atomic E-state index is 0.457. The fourth-order valence-corrected chi connectivity index (χ4v) is 2.73. The quantitative estimate of drug-likeness (QED) is 0.861. The maximum absolute atomic E-state index is 5.50. The molecule has 21 heavy (non-hydrogen) atoms. The molecule has 0 spiro atoms. The van der Waals surface area contributed by atoms with Crippen LogP contribution in [0.1, 0.15) is 37.3 Å². The molecule has 0 N–H and O–H groups in total. The third-order valence-corrected chi connectivity index (χ3v) is 3.77. The van der Waals surface area contributed by atoms with Crippen molar-refractivity contribution in [2.24, 2.45) is 0 Å². The van der Waals surface area contributed by atoms with E-state index in [9.17, 15) is 0 Å². The highest BCUT2D eigenvalue weighted by Crippen LogP contribution is 2.30. The van der Waals surface area contributed by atoms with Crippen molar-refractivity contribution in [1.29, 1.82) is 0 Å². The number of anilines is 1. The van der Waals surface area contributed by atoms with Crippen LogP contribution in [0.25, 0.3) is 0 Å². The first kappa shape index (κ1) is 13.9. The zero-order valence-electron chi connectivity index (χ0n) is 12.5. The zero-order valence-corrected chi connectivity index (χ0v) is 12.5. The average Bonchev–Trinajstić information content (AvgIpc) is 3.01. The number of aryl methyl sites for hydroxylation is 1. The van der Waals surface area contributed by atoms with Crippen molar-refractivity contribution in [2.75, 3.05) is 24.6 Å². The largest absolute Gasteiger partial charge is 0.478 e. The van der Waals surface area contributed by atoms with E-state index < -0.39 is 0 Å².